The van der Waals surface area contributed by atoms with Gasteiger partial charge in [-0.25, -0.2) is 0 Å². The molecule has 0 amide bonds. The van der Waals surface area contributed by atoms with Gasteiger partial charge in [-0.2, -0.15) is 0 Å². The molecule has 1 N–H and O–H groups in total. The molecular weight excluding hydrogens is 376 g/mol. The number of hydrogen-bond acceptors (Lipinski definition) is 5. The normalized spacial score (nSPS) is 17.3. The highest BCUT2D eigenvalue weighted by atomic mass is 16.5. The van der Waals surface area contributed by atoms with Crippen molar-refractivity contribution in [1.29, 1.82) is 0 Å². The molecule has 2 aromatic carbocycles. The minimum atomic E-state index is 0.0386. The van der Waals surface area contributed by atoms with Crippen LogP contribution in [0.3, 0.4) is 0 Å². The zero-order valence-electron chi connectivity index (χ0n) is 18.4. The lowest BCUT2D eigenvalue weighted by Crippen LogP contribution is -2.40. The van der Waals surface area contributed by atoms with E-state index in [0.29, 0.717) is 12.5 Å². The molecule has 0 radical (unpaired) electrons. The van der Waals surface area contributed by atoms with Gasteiger partial charge in [-0.3, -0.25) is 0 Å². The molecule has 0 aromatic heterocycles. The van der Waals surface area contributed by atoms with Crippen molar-refractivity contribution in [1.82, 2.24) is 9.80 Å². The van der Waals surface area contributed by atoms with Gasteiger partial charge in [0.1, 0.15) is 18.1 Å². The van der Waals surface area contributed by atoms with Gasteiger partial charge in [0.2, 0.25) is 0 Å². The van der Waals surface area contributed by atoms with Crippen LogP contribution in [-0.4, -0.2) is 68.5 Å². The van der Waals surface area contributed by atoms with Crippen LogP contribution in [0.25, 0.3) is 0 Å². The van der Waals surface area contributed by atoms with Gasteiger partial charge in [0.05, 0.1) is 13.7 Å². The van der Waals surface area contributed by atoms with Crippen LogP contribution in [0.2, 0.25) is 0 Å². The van der Waals surface area contributed by atoms with Crippen LogP contribution < -0.4 is 9.47 Å². The number of aliphatic hydroxyl groups excluding tert-OH is 1. The quantitative estimate of drug-likeness (QED) is 0.612. The molecule has 1 heterocycles. The van der Waals surface area contributed by atoms with Gasteiger partial charge >= 0.3 is 0 Å². The molecule has 5 heteroatoms. The van der Waals surface area contributed by atoms with Crippen molar-refractivity contribution in [3.05, 3.63) is 59.7 Å². The van der Waals surface area contributed by atoms with E-state index in [1.165, 1.54) is 30.5 Å². The number of piperidine rings is 1. The molecule has 164 valence electrons. The standard InChI is InChI=1S/C25H36N2O3/c1-26(20-23-10-4-6-12-25(23)30-17-16-28)18-21-8-7-14-27(19-21)15-13-22-9-3-5-11-24(22)29-2/h3-6,9-12,21,28H,7-8,13-20H2,1-2H3/t21-/m1/s1. The van der Waals surface area contributed by atoms with Crippen LogP contribution in [0, 0.1) is 5.92 Å². The number of aliphatic hydroxyl groups is 1. The highest BCUT2D eigenvalue weighted by molar-refractivity contribution is 5.34. The average Bonchev–Trinajstić information content (AvgIpc) is 2.77. The van der Waals surface area contributed by atoms with Crippen molar-refractivity contribution >= 4 is 0 Å². The predicted octanol–water partition coefficient (Wildman–Crippen LogP) is 3.45. The first kappa shape index (κ1) is 22.6. The Morgan fingerprint density at radius 3 is 2.57 bits per heavy atom. The molecule has 0 bridgehead atoms. The Hall–Kier alpha value is -2.08. The molecule has 5 nitrogen and oxygen atoms in total. The molecule has 30 heavy (non-hydrogen) atoms. The van der Waals surface area contributed by atoms with Crippen molar-refractivity contribution in [3.8, 4) is 11.5 Å². The van der Waals surface area contributed by atoms with E-state index in [2.05, 4.69) is 41.1 Å². The molecular formula is C25H36N2O3. The maximum Gasteiger partial charge on any atom is 0.123 e. The molecule has 1 aliphatic rings. The molecule has 0 aliphatic carbocycles. The second-order valence-electron chi connectivity index (χ2n) is 8.25. The number of benzene rings is 2. The summed E-state index contributed by atoms with van der Waals surface area (Å²) in [6, 6.07) is 16.5. The van der Waals surface area contributed by atoms with E-state index >= 15 is 0 Å². The van der Waals surface area contributed by atoms with Crippen LogP contribution in [-0.2, 0) is 13.0 Å². The van der Waals surface area contributed by atoms with Crippen molar-refractivity contribution in [2.75, 3.05) is 53.6 Å². The van der Waals surface area contributed by atoms with E-state index in [1.807, 2.05) is 24.3 Å². The van der Waals surface area contributed by atoms with Gasteiger partial charge < -0.3 is 24.4 Å². The Labute approximate surface area is 181 Å². The summed E-state index contributed by atoms with van der Waals surface area (Å²) >= 11 is 0. The Morgan fingerprint density at radius 2 is 1.80 bits per heavy atom. The van der Waals surface area contributed by atoms with E-state index in [0.717, 1.165) is 44.1 Å². The number of ether oxygens (including phenoxy) is 2. The minimum Gasteiger partial charge on any atom is -0.496 e. The lowest BCUT2D eigenvalue weighted by Gasteiger charge is -2.35. The Balaban J connectivity index is 1.49. The minimum absolute atomic E-state index is 0.0386. The first-order valence-corrected chi connectivity index (χ1v) is 11.0. The van der Waals surface area contributed by atoms with Crippen LogP contribution in [0.4, 0.5) is 0 Å². The van der Waals surface area contributed by atoms with Crippen LogP contribution in [0.1, 0.15) is 24.0 Å². The summed E-state index contributed by atoms with van der Waals surface area (Å²) in [6.45, 7) is 5.74. The van der Waals surface area contributed by atoms with E-state index < -0.39 is 0 Å². The van der Waals surface area contributed by atoms with Gasteiger partial charge in [0, 0.05) is 31.7 Å². The largest absolute Gasteiger partial charge is 0.496 e. The molecule has 1 saturated heterocycles. The second kappa shape index (κ2) is 11.9. The van der Waals surface area contributed by atoms with Gasteiger partial charge in [-0.1, -0.05) is 36.4 Å². The molecule has 3 rings (SSSR count). The third-order valence-corrected chi connectivity index (χ3v) is 5.82. The van der Waals surface area contributed by atoms with Crippen molar-refractivity contribution in [3.63, 3.8) is 0 Å². The molecule has 1 aliphatic heterocycles. The maximum absolute atomic E-state index is 9.04. The van der Waals surface area contributed by atoms with E-state index in [4.69, 9.17) is 14.6 Å². The Bertz CT molecular complexity index is 768. The Morgan fingerprint density at radius 1 is 1.07 bits per heavy atom. The number of methoxy groups -OCH3 is 1. The lowest BCUT2D eigenvalue weighted by atomic mass is 9.96. The van der Waals surface area contributed by atoms with Gasteiger partial charge in [0.15, 0.2) is 0 Å². The summed E-state index contributed by atoms with van der Waals surface area (Å²) in [7, 11) is 3.94. The van der Waals surface area contributed by atoms with Crippen LogP contribution in [0.15, 0.2) is 48.5 Å². The summed E-state index contributed by atoms with van der Waals surface area (Å²) in [5.74, 6) is 2.56. The van der Waals surface area contributed by atoms with Gasteiger partial charge in [0.25, 0.3) is 0 Å². The van der Waals surface area contributed by atoms with Crippen molar-refractivity contribution in [2.45, 2.75) is 25.8 Å². The van der Waals surface area contributed by atoms with E-state index in [-0.39, 0.29) is 6.61 Å². The number of likely N-dealkylation sites (tertiary alicyclic amines) is 1. The predicted molar refractivity (Wildman–Crippen MR) is 121 cm³/mol. The smallest absolute Gasteiger partial charge is 0.123 e. The summed E-state index contributed by atoms with van der Waals surface area (Å²) in [4.78, 5) is 5.00. The first-order valence-electron chi connectivity index (χ1n) is 11.0. The maximum atomic E-state index is 9.04. The monoisotopic (exact) mass is 412 g/mol. The SMILES string of the molecule is COc1ccccc1CCN1CCC[C@H](CN(C)Cc2ccccc2OCCO)C1. The molecule has 0 spiro atoms. The topological polar surface area (TPSA) is 45.2 Å². The fourth-order valence-electron chi connectivity index (χ4n) is 4.42. The highest BCUT2D eigenvalue weighted by Crippen LogP contribution is 2.23. The molecule has 2 aromatic rings. The first-order chi connectivity index (χ1) is 14.7. The zero-order chi connectivity index (χ0) is 21.2. The molecule has 1 atom stereocenters. The number of nitrogens with zero attached hydrogens (tertiary/aromatic N) is 2. The Kier molecular flexibility index (Phi) is 9.00. The molecule has 0 unspecified atom stereocenters. The number of hydrogen-bond donors (Lipinski definition) is 1. The zero-order valence-corrected chi connectivity index (χ0v) is 18.4. The molecule has 1 fully saturated rings. The fraction of sp³-hybridized carbons (Fsp3) is 0.520. The van der Waals surface area contributed by atoms with Gasteiger partial charge in [-0.05, 0) is 56.5 Å². The summed E-state index contributed by atoms with van der Waals surface area (Å²) in [6.07, 6.45) is 3.58. The third kappa shape index (κ3) is 6.73. The summed E-state index contributed by atoms with van der Waals surface area (Å²) < 4.78 is 11.2. The number of para-hydroxylation sites is 2. The van der Waals surface area contributed by atoms with Crippen molar-refractivity contribution in [2.24, 2.45) is 5.92 Å². The molecule has 0 saturated carbocycles. The highest BCUT2D eigenvalue weighted by Gasteiger charge is 2.21. The van der Waals surface area contributed by atoms with Crippen molar-refractivity contribution < 1.29 is 14.6 Å². The van der Waals surface area contributed by atoms with Crippen LogP contribution >= 0.6 is 0 Å². The summed E-state index contributed by atoms with van der Waals surface area (Å²) in [5.41, 5.74) is 2.47. The summed E-state index contributed by atoms with van der Waals surface area (Å²) in [5, 5.41) is 9.04. The van der Waals surface area contributed by atoms with E-state index in [9.17, 15) is 0 Å². The second-order valence-corrected chi connectivity index (χ2v) is 8.25. The van der Waals surface area contributed by atoms with E-state index in [1.54, 1.807) is 7.11 Å². The average molecular weight is 413 g/mol. The lowest BCUT2D eigenvalue weighted by molar-refractivity contribution is 0.141. The number of rotatable bonds is 11. The third-order valence-electron chi connectivity index (χ3n) is 5.82. The fourth-order valence-corrected chi connectivity index (χ4v) is 4.42. The van der Waals surface area contributed by atoms with Crippen LogP contribution in [0.5, 0.6) is 11.5 Å². The van der Waals surface area contributed by atoms with Gasteiger partial charge in [-0.15, -0.1) is 0 Å².